The van der Waals surface area contributed by atoms with Crippen molar-refractivity contribution in [3.05, 3.63) is 0 Å². The highest BCUT2D eigenvalue weighted by atomic mass is 32.2. The van der Waals surface area contributed by atoms with E-state index in [1.165, 1.54) is 25.5 Å². The van der Waals surface area contributed by atoms with Gasteiger partial charge in [-0.2, -0.15) is 4.31 Å². The second kappa shape index (κ2) is 6.08. The van der Waals surface area contributed by atoms with E-state index in [4.69, 9.17) is 0 Å². The lowest BCUT2D eigenvalue weighted by Crippen LogP contribution is -2.53. The fraction of sp³-hybridized carbons (Fsp3) is 1.00. The number of piperazine rings is 1. The van der Waals surface area contributed by atoms with Crippen molar-refractivity contribution in [2.24, 2.45) is 5.41 Å². The Morgan fingerprint density at radius 1 is 1.21 bits per heavy atom. The van der Waals surface area contributed by atoms with Crippen LogP contribution in [0.15, 0.2) is 0 Å². The summed E-state index contributed by atoms with van der Waals surface area (Å²) in [6, 6.07) is 0. The van der Waals surface area contributed by atoms with Crippen LogP contribution in [0.3, 0.4) is 0 Å². The largest absolute Gasteiger partial charge is 0.316 e. The number of nitrogens with one attached hydrogen (secondary N) is 1. The summed E-state index contributed by atoms with van der Waals surface area (Å²) in [7, 11) is -3.01. The van der Waals surface area contributed by atoms with Gasteiger partial charge in [0, 0.05) is 39.3 Å². The van der Waals surface area contributed by atoms with Gasteiger partial charge in [-0.15, -0.1) is 0 Å². The van der Waals surface area contributed by atoms with Crippen LogP contribution in [0.1, 0.15) is 26.2 Å². The lowest BCUT2D eigenvalue weighted by Gasteiger charge is -2.43. The average molecular weight is 289 g/mol. The van der Waals surface area contributed by atoms with E-state index < -0.39 is 10.0 Å². The van der Waals surface area contributed by atoms with E-state index in [9.17, 15) is 8.42 Å². The zero-order valence-corrected chi connectivity index (χ0v) is 13.0. The van der Waals surface area contributed by atoms with Crippen LogP contribution in [-0.4, -0.2) is 69.7 Å². The minimum atomic E-state index is -3.01. The molecular weight excluding hydrogens is 262 g/mol. The van der Waals surface area contributed by atoms with Gasteiger partial charge < -0.3 is 10.2 Å². The predicted octanol–water partition coefficient (Wildman–Crippen LogP) is 0.343. The molecule has 0 spiro atoms. The molecule has 2 aliphatic heterocycles. The molecule has 112 valence electrons. The normalized spacial score (nSPS) is 31.5. The smallest absolute Gasteiger partial charge is 0.211 e. The van der Waals surface area contributed by atoms with Crippen molar-refractivity contribution >= 4 is 10.0 Å². The van der Waals surface area contributed by atoms with Crippen LogP contribution in [0.5, 0.6) is 0 Å². The summed E-state index contributed by atoms with van der Waals surface area (Å²) in [6.07, 6.45) is 5.06. The highest BCUT2D eigenvalue weighted by Crippen LogP contribution is 2.31. The van der Waals surface area contributed by atoms with Crippen LogP contribution in [0.4, 0.5) is 0 Å². The van der Waals surface area contributed by atoms with Crippen molar-refractivity contribution in [2.45, 2.75) is 26.2 Å². The maximum Gasteiger partial charge on any atom is 0.211 e. The van der Waals surface area contributed by atoms with E-state index in [2.05, 4.69) is 17.1 Å². The number of hydrogen-bond donors (Lipinski definition) is 1. The highest BCUT2D eigenvalue weighted by Gasteiger charge is 2.34. The van der Waals surface area contributed by atoms with Gasteiger partial charge in [-0.25, -0.2) is 8.42 Å². The standard InChI is InChI=1S/C13H27N3O2S/c1-3-13(5-4-6-14-11-13)12-15-7-9-16(10-8-15)19(2,17)18/h14H,3-12H2,1-2H3. The molecule has 1 unspecified atom stereocenters. The third-order valence-corrected chi connectivity index (χ3v) is 5.97. The molecule has 0 bridgehead atoms. The summed E-state index contributed by atoms with van der Waals surface area (Å²) in [4.78, 5) is 2.44. The van der Waals surface area contributed by atoms with Crippen molar-refractivity contribution in [3.8, 4) is 0 Å². The Bertz CT molecular complexity index is 383. The molecule has 2 heterocycles. The molecule has 2 fully saturated rings. The molecule has 0 radical (unpaired) electrons. The average Bonchev–Trinajstić information content (AvgIpc) is 2.39. The molecule has 6 heteroatoms. The number of piperidine rings is 1. The van der Waals surface area contributed by atoms with Crippen molar-refractivity contribution in [1.29, 1.82) is 0 Å². The second-order valence-corrected chi connectivity index (χ2v) is 8.05. The molecule has 0 saturated carbocycles. The Labute approximate surface area is 117 Å². The van der Waals surface area contributed by atoms with E-state index in [-0.39, 0.29) is 0 Å². The number of nitrogens with zero attached hydrogens (tertiary/aromatic N) is 2. The van der Waals surface area contributed by atoms with Crippen LogP contribution in [0.2, 0.25) is 0 Å². The highest BCUT2D eigenvalue weighted by molar-refractivity contribution is 7.88. The lowest BCUT2D eigenvalue weighted by atomic mass is 9.78. The van der Waals surface area contributed by atoms with Gasteiger partial charge >= 0.3 is 0 Å². The monoisotopic (exact) mass is 289 g/mol. The number of rotatable bonds is 4. The fourth-order valence-electron chi connectivity index (χ4n) is 3.27. The summed E-state index contributed by atoms with van der Waals surface area (Å²) in [5.41, 5.74) is 0.394. The molecule has 0 aromatic heterocycles. The first-order valence-electron chi connectivity index (χ1n) is 7.33. The maximum absolute atomic E-state index is 11.5. The van der Waals surface area contributed by atoms with Gasteiger partial charge in [0.15, 0.2) is 0 Å². The first kappa shape index (κ1) is 15.2. The van der Waals surface area contributed by atoms with Gasteiger partial charge in [-0.05, 0) is 31.2 Å². The van der Waals surface area contributed by atoms with E-state index in [0.717, 1.165) is 32.7 Å². The molecule has 2 aliphatic rings. The maximum atomic E-state index is 11.5. The molecule has 5 nitrogen and oxygen atoms in total. The van der Waals surface area contributed by atoms with Gasteiger partial charge in [0.05, 0.1) is 6.26 Å². The molecule has 0 aliphatic carbocycles. The van der Waals surface area contributed by atoms with E-state index in [1.807, 2.05) is 0 Å². The SMILES string of the molecule is CCC1(CN2CCN(S(C)(=O)=O)CC2)CCCNC1. The molecule has 0 aromatic rings. The first-order chi connectivity index (χ1) is 8.95. The van der Waals surface area contributed by atoms with Gasteiger partial charge in [-0.3, -0.25) is 0 Å². The Kier molecular flexibility index (Phi) is 4.87. The van der Waals surface area contributed by atoms with Crippen LogP contribution in [0.25, 0.3) is 0 Å². The van der Waals surface area contributed by atoms with Crippen molar-refractivity contribution < 1.29 is 8.42 Å². The van der Waals surface area contributed by atoms with E-state index in [1.54, 1.807) is 4.31 Å². The molecule has 1 N–H and O–H groups in total. The van der Waals surface area contributed by atoms with Crippen LogP contribution >= 0.6 is 0 Å². The summed E-state index contributed by atoms with van der Waals surface area (Å²) in [5.74, 6) is 0. The van der Waals surface area contributed by atoms with Crippen LogP contribution in [-0.2, 0) is 10.0 Å². The topological polar surface area (TPSA) is 52.7 Å². The summed E-state index contributed by atoms with van der Waals surface area (Å²) in [5, 5.41) is 3.52. The Morgan fingerprint density at radius 3 is 2.37 bits per heavy atom. The van der Waals surface area contributed by atoms with Gasteiger partial charge in [0.2, 0.25) is 10.0 Å². The molecule has 1 atom stereocenters. The molecule has 2 saturated heterocycles. The Hall–Kier alpha value is -0.170. The lowest BCUT2D eigenvalue weighted by molar-refractivity contribution is 0.0879. The van der Waals surface area contributed by atoms with E-state index in [0.29, 0.717) is 18.5 Å². The third kappa shape index (κ3) is 3.90. The van der Waals surface area contributed by atoms with Gasteiger partial charge in [0.25, 0.3) is 0 Å². The molecule has 0 amide bonds. The molecule has 19 heavy (non-hydrogen) atoms. The van der Waals surface area contributed by atoms with E-state index >= 15 is 0 Å². The zero-order chi connectivity index (χ0) is 13.9. The first-order valence-corrected chi connectivity index (χ1v) is 9.18. The van der Waals surface area contributed by atoms with Crippen molar-refractivity contribution in [1.82, 2.24) is 14.5 Å². The predicted molar refractivity (Wildman–Crippen MR) is 77.7 cm³/mol. The summed E-state index contributed by atoms with van der Waals surface area (Å²) in [6.45, 7) is 8.66. The molecule has 0 aromatic carbocycles. The number of sulfonamides is 1. The minimum absolute atomic E-state index is 0.394. The zero-order valence-electron chi connectivity index (χ0n) is 12.2. The van der Waals surface area contributed by atoms with Crippen molar-refractivity contribution in [2.75, 3.05) is 52.1 Å². The minimum Gasteiger partial charge on any atom is -0.316 e. The van der Waals surface area contributed by atoms with Crippen molar-refractivity contribution in [3.63, 3.8) is 0 Å². The second-order valence-electron chi connectivity index (χ2n) is 6.07. The van der Waals surface area contributed by atoms with Crippen LogP contribution < -0.4 is 5.32 Å². The molecular formula is C13H27N3O2S. The van der Waals surface area contributed by atoms with Crippen LogP contribution in [0, 0.1) is 5.41 Å². The fourth-order valence-corrected chi connectivity index (χ4v) is 4.10. The Morgan fingerprint density at radius 2 is 1.89 bits per heavy atom. The summed E-state index contributed by atoms with van der Waals surface area (Å²) >= 11 is 0. The Balaban J connectivity index is 1.88. The third-order valence-electron chi connectivity index (χ3n) is 4.67. The summed E-state index contributed by atoms with van der Waals surface area (Å²) < 4.78 is 24.6. The van der Waals surface area contributed by atoms with Gasteiger partial charge in [0.1, 0.15) is 0 Å². The quantitative estimate of drug-likeness (QED) is 0.811. The molecule has 2 rings (SSSR count). The number of hydrogen-bond acceptors (Lipinski definition) is 4. The van der Waals surface area contributed by atoms with Gasteiger partial charge in [-0.1, -0.05) is 6.92 Å².